The molecular formula is C36H24Cl2. The highest BCUT2D eigenvalue weighted by molar-refractivity contribution is 6.34. The van der Waals surface area contributed by atoms with Crippen LogP contribution in [-0.4, -0.2) is 0 Å². The molecule has 0 heterocycles. The van der Waals surface area contributed by atoms with Gasteiger partial charge in [0.05, 0.1) is 0 Å². The second-order valence-electron chi connectivity index (χ2n) is 9.28. The van der Waals surface area contributed by atoms with E-state index in [9.17, 15) is 0 Å². The van der Waals surface area contributed by atoms with Gasteiger partial charge in [0.15, 0.2) is 0 Å². The molecule has 0 radical (unpaired) electrons. The fraction of sp³-hybridized carbons (Fsp3) is 0. The van der Waals surface area contributed by atoms with E-state index < -0.39 is 0 Å². The maximum Gasteiger partial charge on any atom is 0.0490 e. The Bertz CT molecular complexity index is 1720. The number of hydrogen-bond donors (Lipinski definition) is 0. The third kappa shape index (κ3) is 5.02. The predicted molar refractivity (Wildman–Crippen MR) is 164 cm³/mol. The lowest BCUT2D eigenvalue weighted by Gasteiger charge is -2.14. The SMILES string of the molecule is Clc1cccc(-c2cccc(-c3ccc(-c4cccc(-c5cccc(Cl)c5-c5ccccc5)c4)cc3)c2)c1. The summed E-state index contributed by atoms with van der Waals surface area (Å²) in [6, 6.07) is 50.4. The van der Waals surface area contributed by atoms with Crippen molar-refractivity contribution in [3.05, 3.63) is 156 Å². The maximum absolute atomic E-state index is 6.70. The average molecular weight is 527 g/mol. The van der Waals surface area contributed by atoms with Crippen molar-refractivity contribution in [3.8, 4) is 55.6 Å². The summed E-state index contributed by atoms with van der Waals surface area (Å²) in [5.41, 5.74) is 11.4. The predicted octanol–water partition coefficient (Wildman–Crippen LogP) is 11.3. The molecule has 0 aromatic heterocycles. The summed E-state index contributed by atoms with van der Waals surface area (Å²) in [4.78, 5) is 0. The van der Waals surface area contributed by atoms with Crippen molar-refractivity contribution in [2.45, 2.75) is 0 Å². The molecule has 0 aliphatic heterocycles. The highest BCUT2D eigenvalue weighted by Crippen LogP contribution is 2.39. The standard InChI is InChI=1S/C36H24Cl2/c37-33-15-6-13-31(24-33)30-12-4-10-28(22-30)25-18-20-26(21-19-25)29-11-5-14-32(23-29)34-16-7-17-35(38)36(34)27-8-2-1-3-9-27/h1-24H. The summed E-state index contributed by atoms with van der Waals surface area (Å²) < 4.78 is 0. The molecule has 0 bridgehead atoms. The third-order valence-corrected chi connectivity index (χ3v) is 7.37. The number of rotatable bonds is 5. The Balaban J connectivity index is 1.33. The van der Waals surface area contributed by atoms with Gasteiger partial charge < -0.3 is 0 Å². The Kier molecular flexibility index (Phi) is 6.84. The van der Waals surface area contributed by atoms with E-state index in [1.54, 1.807) is 0 Å². The topological polar surface area (TPSA) is 0 Å². The summed E-state index contributed by atoms with van der Waals surface area (Å²) in [7, 11) is 0. The molecule has 0 nitrogen and oxygen atoms in total. The zero-order chi connectivity index (χ0) is 25.9. The molecule has 6 rings (SSSR count). The Morgan fingerprint density at radius 3 is 1.42 bits per heavy atom. The molecule has 6 aromatic rings. The second-order valence-corrected chi connectivity index (χ2v) is 10.1. The lowest BCUT2D eigenvalue weighted by molar-refractivity contribution is 1.56. The average Bonchev–Trinajstić information content (AvgIpc) is 2.98. The van der Waals surface area contributed by atoms with E-state index in [1.807, 2.05) is 48.5 Å². The molecular weight excluding hydrogens is 503 g/mol. The molecule has 0 fully saturated rings. The van der Waals surface area contributed by atoms with Crippen molar-refractivity contribution in [1.82, 2.24) is 0 Å². The van der Waals surface area contributed by atoms with Gasteiger partial charge in [0.1, 0.15) is 0 Å². The van der Waals surface area contributed by atoms with Gasteiger partial charge in [-0.2, -0.15) is 0 Å². The lowest BCUT2D eigenvalue weighted by Crippen LogP contribution is -1.88. The van der Waals surface area contributed by atoms with Crippen LogP contribution in [-0.2, 0) is 0 Å². The Morgan fingerprint density at radius 1 is 0.316 bits per heavy atom. The Morgan fingerprint density at radius 2 is 0.789 bits per heavy atom. The Labute approximate surface area is 233 Å². The fourth-order valence-corrected chi connectivity index (χ4v) is 5.40. The molecule has 0 N–H and O–H groups in total. The first-order valence-electron chi connectivity index (χ1n) is 12.6. The van der Waals surface area contributed by atoms with Crippen LogP contribution in [0.2, 0.25) is 10.0 Å². The van der Waals surface area contributed by atoms with Gasteiger partial charge in [-0.3, -0.25) is 0 Å². The van der Waals surface area contributed by atoms with Gasteiger partial charge in [0, 0.05) is 15.6 Å². The molecule has 0 unspecified atom stereocenters. The summed E-state index contributed by atoms with van der Waals surface area (Å²) >= 11 is 12.9. The van der Waals surface area contributed by atoms with Crippen molar-refractivity contribution >= 4 is 23.2 Å². The normalized spacial score (nSPS) is 10.9. The largest absolute Gasteiger partial charge is 0.0843 e. The van der Waals surface area contributed by atoms with Crippen molar-refractivity contribution < 1.29 is 0 Å². The highest BCUT2D eigenvalue weighted by Gasteiger charge is 2.12. The lowest BCUT2D eigenvalue weighted by atomic mass is 9.92. The van der Waals surface area contributed by atoms with Crippen molar-refractivity contribution in [2.75, 3.05) is 0 Å². The first-order chi connectivity index (χ1) is 18.7. The third-order valence-electron chi connectivity index (χ3n) is 6.82. The van der Waals surface area contributed by atoms with Crippen LogP contribution in [0.25, 0.3) is 55.6 Å². The minimum atomic E-state index is 0.744. The quantitative estimate of drug-likeness (QED) is 0.209. The fourth-order valence-electron chi connectivity index (χ4n) is 4.93. The van der Waals surface area contributed by atoms with E-state index in [2.05, 4.69) is 97.1 Å². The molecule has 182 valence electrons. The summed E-state index contributed by atoms with van der Waals surface area (Å²) in [6.07, 6.45) is 0. The van der Waals surface area contributed by atoms with E-state index in [0.717, 1.165) is 43.4 Å². The van der Waals surface area contributed by atoms with Crippen LogP contribution in [0, 0.1) is 0 Å². The molecule has 0 atom stereocenters. The van der Waals surface area contributed by atoms with Gasteiger partial charge in [-0.1, -0.05) is 138 Å². The molecule has 0 aliphatic rings. The summed E-state index contributed by atoms with van der Waals surface area (Å²) in [6.45, 7) is 0. The van der Waals surface area contributed by atoms with Crippen LogP contribution < -0.4 is 0 Å². The van der Waals surface area contributed by atoms with Gasteiger partial charge in [0.2, 0.25) is 0 Å². The molecule has 0 spiro atoms. The van der Waals surface area contributed by atoms with E-state index in [4.69, 9.17) is 23.2 Å². The minimum absolute atomic E-state index is 0.744. The first-order valence-corrected chi connectivity index (χ1v) is 13.3. The maximum atomic E-state index is 6.70. The summed E-state index contributed by atoms with van der Waals surface area (Å²) in [5.74, 6) is 0. The number of benzene rings is 6. The van der Waals surface area contributed by atoms with Crippen molar-refractivity contribution in [3.63, 3.8) is 0 Å². The molecule has 0 aliphatic carbocycles. The Hall–Kier alpha value is -4.10. The monoisotopic (exact) mass is 526 g/mol. The molecule has 0 amide bonds. The number of halogens is 2. The zero-order valence-electron chi connectivity index (χ0n) is 20.6. The minimum Gasteiger partial charge on any atom is -0.0843 e. The highest BCUT2D eigenvalue weighted by atomic mass is 35.5. The van der Waals surface area contributed by atoms with Gasteiger partial charge in [0.25, 0.3) is 0 Å². The van der Waals surface area contributed by atoms with Crippen LogP contribution in [0.5, 0.6) is 0 Å². The van der Waals surface area contributed by atoms with Gasteiger partial charge >= 0.3 is 0 Å². The summed E-state index contributed by atoms with van der Waals surface area (Å²) in [5, 5.41) is 1.50. The van der Waals surface area contributed by atoms with Gasteiger partial charge in [-0.25, -0.2) is 0 Å². The first kappa shape index (κ1) is 24.2. The van der Waals surface area contributed by atoms with Crippen molar-refractivity contribution in [1.29, 1.82) is 0 Å². The van der Waals surface area contributed by atoms with E-state index >= 15 is 0 Å². The molecule has 38 heavy (non-hydrogen) atoms. The van der Waals surface area contributed by atoms with E-state index in [0.29, 0.717) is 0 Å². The van der Waals surface area contributed by atoms with Crippen LogP contribution in [0.1, 0.15) is 0 Å². The van der Waals surface area contributed by atoms with Crippen LogP contribution >= 0.6 is 23.2 Å². The molecule has 2 heteroatoms. The molecule has 0 saturated heterocycles. The smallest absolute Gasteiger partial charge is 0.0490 e. The van der Waals surface area contributed by atoms with Gasteiger partial charge in [-0.05, 0) is 80.4 Å². The van der Waals surface area contributed by atoms with Crippen LogP contribution in [0.4, 0.5) is 0 Å². The molecule has 0 saturated carbocycles. The van der Waals surface area contributed by atoms with Crippen molar-refractivity contribution in [2.24, 2.45) is 0 Å². The second kappa shape index (κ2) is 10.7. The van der Waals surface area contributed by atoms with Crippen LogP contribution in [0.3, 0.4) is 0 Å². The molecule has 6 aromatic carbocycles. The number of hydrogen-bond acceptors (Lipinski definition) is 0. The van der Waals surface area contributed by atoms with E-state index in [1.165, 1.54) is 22.3 Å². The van der Waals surface area contributed by atoms with Crippen LogP contribution in [0.15, 0.2) is 146 Å². The van der Waals surface area contributed by atoms with E-state index in [-0.39, 0.29) is 0 Å². The van der Waals surface area contributed by atoms with Gasteiger partial charge in [-0.15, -0.1) is 0 Å². The zero-order valence-corrected chi connectivity index (χ0v) is 22.1.